The maximum absolute atomic E-state index is 12.4. The lowest BCUT2D eigenvalue weighted by molar-refractivity contribution is -0.118. The van der Waals surface area contributed by atoms with Gasteiger partial charge in [0.15, 0.2) is 5.78 Å². The van der Waals surface area contributed by atoms with Crippen molar-refractivity contribution in [1.82, 2.24) is 0 Å². The molecule has 1 unspecified atom stereocenters. The topological polar surface area (TPSA) is 37.3 Å². The van der Waals surface area contributed by atoms with Crippen LogP contribution in [0.4, 0.5) is 4.39 Å². The van der Waals surface area contributed by atoms with Crippen LogP contribution in [0.1, 0.15) is 40.0 Å². The van der Waals surface area contributed by atoms with Gasteiger partial charge < -0.3 is 5.11 Å². The Labute approximate surface area is 91.2 Å². The van der Waals surface area contributed by atoms with E-state index in [-0.39, 0.29) is 17.5 Å². The third-order valence-electron chi connectivity index (χ3n) is 2.78. The molecule has 0 amide bonds. The monoisotopic (exact) mass is 216 g/mol. The van der Waals surface area contributed by atoms with Crippen molar-refractivity contribution in [3.8, 4) is 0 Å². The molecule has 0 spiro atoms. The van der Waals surface area contributed by atoms with E-state index in [0.29, 0.717) is 6.42 Å². The van der Waals surface area contributed by atoms with Gasteiger partial charge in [0.05, 0.1) is 6.67 Å². The van der Waals surface area contributed by atoms with Crippen LogP contribution in [0, 0.1) is 11.8 Å². The zero-order valence-electron chi connectivity index (χ0n) is 9.79. The molecule has 1 atom stereocenters. The lowest BCUT2D eigenvalue weighted by Gasteiger charge is -2.11. The number of alkyl halides is 1. The zero-order valence-corrected chi connectivity index (χ0v) is 9.79. The number of halogens is 1. The Kier molecular flexibility index (Phi) is 7.01. The van der Waals surface area contributed by atoms with Crippen LogP contribution >= 0.6 is 0 Å². The number of carbonyl (C=O) groups is 1. The number of hydrogen-bond acceptors (Lipinski definition) is 2. The van der Waals surface area contributed by atoms with Gasteiger partial charge >= 0.3 is 0 Å². The smallest absolute Gasteiger partial charge is 0.162 e. The highest BCUT2D eigenvalue weighted by Crippen LogP contribution is 2.16. The average Bonchev–Trinajstić information content (AvgIpc) is 2.21. The van der Waals surface area contributed by atoms with Gasteiger partial charge in [-0.15, -0.1) is 0 Å². The number of aliphatic hydroxyl groups excluding tert-OH is 1. The molecule has 3 heteroatoms. The van der Waals surface area contributed by atoms with Crippen LogP contribution in [0.2, 0.25) is 0 Å². The summed E-state index contributed by atoms with van der Waals surface area (Å²) in [5, 5.41) is 9.52. The van der Waals surface area contributed by atoms with Gasteiger partial charge in [0, 0.05) is 17.9 Å². The summed E-state index contributed by atoms with van der Waals surface area (Å²) < 4.78 is 12.4. The molecule has 0 aliphatic heterocycles. The normalized spacial score (nSPS) is 14.3. The first-order chi connectivity index (χ1) is 7.10. The van der Waals surface area contributed by atoms with Gasteiger partial charge in [0.2, 0.25) is 0 Å². The van der Waals surface area contributed by atoms with Crippen LogP contribution in [0.3, 0.4) is 0 Å². The predicted octanol–water partition coefficient (Wildman–Crippen LogP) is 3.43. The Morgan fingerprint density at radius 1 is 1.20 bits per heavy atom. The van der Waals surface area contributed by atoms with Crippen LogP contribution in [0.15, 0.2) is 11.8 Å². The first kappa shape index (κ1) is 14.1. The minimum atomic E-state index is -0.616. The van der Waals surface area contributed by atoms with E-state index in [9.17, 15) is 14.3 Å². The molecule has 2 nitrogen and oxygen atoms in total. The van der Waals surface area contributed by atoms with Crippen LogP contribution in [-0.4, -0.2) is 17.6 Å². The quantitative estimate of drug-likeness (QED) is 0.523. The molecule has 0 heterocycles. The van der Waals surface area contributed by atoms with Crippen molar-refractivity contribution >= 4 is 5.78 Å². The molecule has 0 saturated heterocycles. The molecule has 88 valence electrons. The molecule has 1 N–H and O–H groups in total. The second-order valence-electron chi connectivity index (χ2n) is 3.74. The van der Waals surface area contributed by atoms with E-state index in [4.69, 9.17) is 0 Å². The highest BCUT2D eigenvalue weighted by Gasteiger charge is 2.16. The molecule has 15 heavy (non-hydrogen) atoms. The van der Waals surface area contributed by atoms with Gasteiger partial charge in [-0.3, -0.25) is 9.18 Å². The number of ketones is 1. The maximum atomic E-state index is 12.4. The van der Waals surface area contributed by atoms with Crippen molar-refractivity contribution in [3.63, 3.8) is 0 Å². The van der Waals surface area contributed by atoms with Gasteiger partial charge in [-0.05, 0) is 19.3 Å². The van der Waals surface area contributed by atoms with Crippen LogP contribution in [-0.2, 0) is 4.79 Å². The number of rotatable bonds is 7. The largest absolute Gasteiger partial charge is 0.512 e. The Morgan fingerprint density at radius 3 is 2.00 bits per heavy atom. The highest BCUT2D eigenvalue weighted by molar-refractivity contribution is 5.92. The van der Waals surface area contributed by atoms with E-state index >= 15 is 0 Å². The first-order valence-electron chi connectivity index (χ1n) is 5.60. The molecule has 0 aliphatic rings. The van der Waals surface area contributed by atoms with Crippen molar-refractivity contribution < 1.29 is 14.3 Å². The Bertz CT molecular complexity index is 216. The fourth-order valence-corrected chi connectivity index (χ4v) is 1.47. The summed E-state index contributed by atoms with van der Waals surface area (Å²) in [7, 11) is 0. The zero-order chi connectivity index (χ0) is 11.8. The number of allylic oxidation sites excluding steroid dienone is 2. The average molecular weight is 216 g/mol. The number of hydrogen-bond donors (Lipinski definition) is 1. The molecule has 0 aromatic carbocycles. The standard InChI is InChI=1S/C12H21FO2/c1-4-9(5-2)11(14)7-12(15)10(6-3)8-13/h7,9-10,15H,4-6,8H2,1-3H3/b12-7-. The molecule has 0 rings (SSSR count). The van der Waals surface area contributed by atoms with Gasteiger partial charge in [0.1, 0.15) is 5.76 Å². The summed E-state index contributed by atoms with van der Waals surface area (Å²) in [6.45, 7) is 5.04. The van der Waals surface area contributed by atoms with E-state index in [1.165, 1.54) is 6.08 Å². The fraction of sp³-hybridized carbons (Fsp3) is 0.750. The number of aliphatic hydroxyl groups is 1. The van der Waals surface area contributed by atoms with Crippen molar-refractivity contribution in [3.05, 3.63) is 11.8 Å². The van der Waals surface area contributed by atoms with E-state index < -0.39 is 12.6 Å². The SMILES string of the molecule is CCC(CC)C(=O)/C=C(\O)C(CC)CF. The lowest BCUT2D eigenvalue weighted by Crippen LogP contribution is -2.13. The summed E-state index contributed by atoms with van der Waals surface area (Å²) in [4.78, 5) is 11.6. The first-order valence-corrected chi connectivity index (χ1v) is 5.60. The molecular formula is C12H21FO2. The molecule has 0 aromatic rings. The molecule has 0 fully saturated rings. The Hall–Kier alpha value is -0.860. The minimum absolute atomic E-state index is 0.0516. The second-order valence-corrected chi connectivity index (χ2v) is 3.74. The van der Waals surface area contributed by atoms with Gasteiger partial charge in [-0.2, -0.15) is 0 Å². The minimum Gasteiger partial charge on any atom is -0.512 e. The second kappa shape index (κ2) is 7.43. The van der Waals surface area contributed by atoms with Crippen molar-refractivity contribution in [2.24, 2.45) is 11.8 Å². The third-order valence-corrected chi connectivity index (χ3v) is 2.78. The summed E-state index contributed by atoms with van der Waals surface area (Å²) in [6, 6.07) is 0. The summed E-state index contributed by atoms with van der Waals surface area (Å²) in [5.41, 5.74) is 0. The maximum Gasteiger partial charge on any atom is 0.162 e. The van der Waals surface area contributed by atoms with Gasteiger partial charge in [0.25, 0.3) is 0 Å². The fourth-order valence-electron chi connectivity index (χ4n) is 1.47. The summed E-state index contributed by atoms with van der Waals surface area (Å²) in [5.74, 6) is -0.783. The van der Waals surface area contributed by atoms with E-state index in [1.54, 1.807) is 6.92 Å². The highest BCUT2D eigenvalue weighted by atomic mass is 19.1. The summed E-state index contributed by atoms with van der Waals surface area (Å²) in [6.07, 6.45) is 3.22. The Morgan fingerprint density at radius 2 is 1.67 bits per heavy atom. The van der Waals surface area contributed by atoms with Crippen LogP contribution in [0.5, 0.6) is 0 Å². The van der Waals surface area contributed by atoms with Crippen molar-refractivity contribution in [2.45, 2.75) is 40.0 Å². The molecule has 0 aromatic heterocycles. The van der Waals surface area contributed by atoms with Gasteiger partial charge in [-0.1, -0.05) is 20.8 Å². The molecule has 0 saturated carbocycles. The van der Waals surface area contributed by atoms with Gasteiger partial charge in [-0.25, -0.2) is 0 Å². The lowest BCUT2D eigenvalue weighted by atomic mass is 9.95. The molecule has 0 aliphatic carbocycles. The van der Waals surface area contributed by atoms with E-state index in [2.05, 4.69) is 0 Å². The Balaban J connectivity index is 4.51. The van der Waals surface area contributed by atoms with Crippen LogP contribution in [0.25, 0.3) is 0 Å². The van der Waals surface area contributed by atoms with Crippen molar-refractivity contribution in [2.75, 3.05) is 6.67 Å². The number of carbonyl (C=O) groups excluding carboxylic acids is 1. The third kappa shape index (κ3) is 4.45. The molecule has 0 bridgehead atoms. The van der Waals surface area contributed by atoms with E-state index in [1.807, 2.05) is 13.8 Å². The molecular weight excluding hydrogens is 195 g/mol. The summed E-state index contributed by atoms with van der Waals surface area (Å²) >= 11 is 0. The van der Waals surface area contributed by atoms with Crippen molar-refractivity contribution in [1.29, 1.82) is 0 Å². The predicted molar refractivity (Wildman–Crippen MR) is 59.5 cm³/mol. The van der Waals surface area contributed by atoms with E-state index in [0.717, 1.165) is 12.8 Å². The van der Waals surface area contributed by atoms with Crippen LogP contribution < -0.4 is 0 Å². The molecule has 0 radical (unpaired) electrons.